The molecule has 0 heterocycles. The van der Waals surface area contributed by atoms with Gasteiger partial charge in [0.2, 0.25) is 0 Å². The summed E-state index contributed by atoms with van der Waals surface area (Å²) in [6.45, 7) is 1.67. The maximum atomic E-state index is 6.76. The minimum atomic E-state index is -0.352. The van der Waals surface area contributed by atoms with E-state index in [-0.39, 0.29) is 6.52 Å². The van der Waals surface area contributed by atoms with Gasteiger partial charge >= 0.3 is 0 Å². The summed E-state index contributed by atoms with van der Waals surface area (Å²) in [5, 5.41) is 0. The third-order valence-electron chi connectivity index (χ3n) is 0.455. The Hall–Kier alpha value is -0.0400. The molecule has 0 fully saturated rings. The molecular formula is C4H11N. The molecule has 0 amide bonds. The topological polar surface area (TPSA) is 26.0 Å². The Morgan fingerprint density at radius 1 is 2.00 bits per heavy atom. The lowest BCUT2D eigenvalue weighted by molar-refractivity contribution is 0.807. The van der Waals surface area contributed by atoms with E-state index in [9.17, 15) is 0 Å². The molecule has 1 nitrogen and oxygen atoms in total. The van der Waals surface area contributed by atoms with Gasteiger partial charge in [0.15, 0.2) is 0 Å². The first-order chi connectivity index (χ1) is 2.77. The van der Waals surface area contributed by atoms with Gasteiger partial charge in [-0.25, -0.2) is 0 Å². The number of rotatable bonds is 2. The molecule has 0 unspecified atom stereocenters. The quantitative estimate of drug-likeness (QED) is 0.513. The van der Waals surface area contributed by atoms with Gasteiger partial charge < -0.3 is 5.73 Å². The molecule has 0 aromatic carbocycles. The van der Waals surface area contributed by atoms with Crippen LogP contribution in [0.3, 0.4) is 0 Å². The fraction of sp³-hybridized carbons (Fsp3) is 1.00. The van der Waals surface area contributed by atoms with Crippen molar-refractivity contribution in [2.75, 3.05) is 6.52 Å². The molecular weight excluding hydrogens is 62.1 g/mol. The molecule has 32 valence electrons. The van der Waals surface area contributed by atoms with Gasteiger partial charge in [-0.2, -0.15) is 0 Å². The summed E-state index contributed by atoms with van der Waals surface area (Å²) in [6.07, 6.45) is 1.84. The first kappa shape index (κ1) is 3.16. The largest absolute Gasteiger partial charge is 0.330 e. The van der Waals surface area contributed by atoms with Crippen LogP contribution < -0.4 is 5.73 Å². The molecule has 1 heteroatoms. The van der Waals surface area contributed by atoms with E-state index in [1.807, 2.05) is 6.92 Å². The highest BCUT2D eigenvalue weighted by Gasteiger charge is 1.67. The molecule has 0 aliphatic heterocycles. The van der Waals surface area contributed by atoms with E-state index in [0.717, 1.165) is 12.8 Å². The second kappa shape index (κ2) is 3.96. The Balaban J connectivity index is 2.63. The van der Waals surface area contributed by atoms with Gasteiger partial charge in [-0.3, -0.25) is 0 Å². The van der Waals surface area contributed by atoms with Crippen molar-refractivity contribution in [3.63, 3.8) is 0 Å². The molecule has 0 radical (unpaired) electrons. The Kier molecular flexibility index (Phi) is 2.50. The zero-order valence-corrected chi connectivity index (χ0v) is 3.57. The summed E-state index contributed by atoms with van der Waals surface area (Å²) in [4.78, 5) is 0. The number of hydrogen-bond acceptors (Lipinski definition) is 1. The molecule has 0 aromatic rings. The molecule has 2 N–H and O–H groups in total. The fourth-order valence-corrected chi connectivity index (χ4v) is 0.167. The van der Waals surface area contributed by atoms with Crippen molar-refractivity contribution in [1.82, 2.24) is 0 Å². The third-order valence-corrected chi connectivity index (χ3v) is 0.455. The molecule has 0 bridgehead atoms. The van der Waals surface area contributed by atoms with Gasteiger partial charge in [0.25, 0.3) is 0 Å². The highest BCUT2D eigenvalue weighted by Crippen LogP contribution is 1.77. The minimum absolute atomic E-state index is 0.352. The van der Waals surface area contributed by atoms with Crippen molar-refractivity contribution in [2.45, 2.75) is 19.8 Å². The second-order valence-corrected chi connectivity index (χ2v) is 1.02. The zero-order valence-electron chi connectivity index (χ0n) is 4.57. The molecule has 0 spiro atoms. The first-order valence-electron chi connectivity index (χ1n) is 2.53. The molecule has 1 atom stereocenters. The standard InChI is InChI=1S/C4H11N/c1-2-3-4-5/h2-5H2,1H3/i4D/t4-/m1/s1. The summed E-state index contributed by atoms with van der Waals surface area (Å²) in [6, 6.07) is 0. The van der Waals surface area contributed by atoms with E-state index in [1.165, 1.54) is 0 Å². The van der Waals surface area contributed by atoms with Crippen LogP contribution in [0.4, 0.5) is 0 Å². The van der Waals surface area contributed by atoms with Crippen molar-refractivity contribution in [1.29, 1.82) is 0 Å². The van der Waals surface area contributed by atoms with Crippen molar-refractivity contribution in [3.8, 4) is 0 Å². The van der Waals surface area contributed by atoms with E-state index < -0.39 is 0 Å². The number of nitrogens with two attached hydrogens (primary N) is 1. The summed E-state index contributed by atoms with van der Waals surface area (Å²) < 4.78 is 6.76. The maximum absolute atomic E-state index is 6.76. The highest BCUT2D eigenvalue weighted by molar-refractivity contribution is 4.29. The molecule has 0 rings (SSSR count). The normalized spacial score (nSPS) is 17.6. The van der Waals surface area contributed by atoms with Crippen LogP contribution in [0.25, 0.3) is 0 Å². The average Bonchev–Trinajstić information content (AvgIpc) is 1.35. The fourth-order valence-electron chi connectivity index (χ4n) is 0.167. The van der Waals surface area contributed by atoms with E-state index >= 15 is 0 Å². The monoisotopic (exact) mass is 74.1 g/mol. The van der Waals surface area contributed by atoms with Gasteiger partial charge in [-0.1, -0.05) is 13.3 Å². The predicted molar refractivity (Wildman–Crippen MR) is 24.0 cm³/mol. The van der Waals surface area contributed by atoms with Gasteiger partial charge in [0.05, 0.1) is 0 Å². The van der Waals surface area contributed by atoms with Crippen LogP contribution in [0.1, 0.15) is 21.1 Å². The third kappa shape index (κ3) is 3.96. The van der Waals surface area contributed by atoms with Gasteiger partial charge in [-0.05, 0) is 12.9 Å². The van der Waals surface area contributed by atoms with Crippen LogP contribution in [-0.4, -0.2) is 6.52 Å². The Bertz CT molecular complexity index is 28.7. The minimum Gasteiger partial charge on any atom is -0.330 e. The van der Waals surface area contributed by atoms with Gasteiger partial charge in [0.1, 0.15) is 0 Å². The summed E-state index contributed by atoms with van der Waals surface area (Å²) in [5.41, 5.74) is 5.07. The van der Waals surface area contributed by atoms with E-state index in [2.05, 4.69) is 0 Å². The summed E-state index contributed by atoms with van der Waals surface area (Å²) >= 11 is 0. The lowest BCUT2D eigenvalue weighted by Gasteiger charge is -1.80. The Morgan fingerprint density at radius 3 is 2.60 bits per heavy atom. The Morgan fingerprint density at radius 2 is 2.60 bits per heavy atom. The van der Waals surface area contributed by atoms with Crippen molar-refractivity contribution >= 4 is 0 Å². The SMILES string of the molecule is [2H][C@@H](N)CCC. The van der Waals surface area contributed by atoms with Crippen LogP contribution >= 0.6 is 0 Å². The number of hydrogen-bond donors (Lipinski definition) is 1. The first-order valence-corrected chi connectivity index (χ1v) is 1.95. The van der Waals surface area contributed by atoms with Gasteiger partial charge in [0, 0.05) is 1.37 Å². The van der Waals surface area contributed by atoms with Crippen LogP contribution in [0.5, 0.6) is 0 Å². The summed E-state index contributed by atoms with van der Waals surface area (Å²) in [5.74, 6) is 0. The second-order valence-electron chi connectivity index (χ2n) is 1.02. The summed E-state index contributed by atoms with van der Waals surface area (Å²) in [7, 11) is 0. The predicted octanol–water partition coefficient (Wildman–Crippen LogP) is 0.745. The van der Waals surface area contributed by atoms with Crippen molar-refractivity contribution < 1.29 is 1.37 Å². The van der Waals surface area contributed by atoms with Crippen LogP contribution in [0, 0.1) is 0 Å². The Labute approximate surface area is 34.6 Å². The smallest absolute Gasteiger partial charge is 0.0425 e. The lowest BCUT2D eigenvalue weighted by Crippen LogP contribution is -1.95. The average molecular weight is 74.1 g/mol. The van der Waals surface area contributed by atoms with E-state index in [1.54, 1.807) is 0 Å². The molecule has 0 aliphatic carbocycles. The zero-order chi connectivity index (χ0) is 4.99. The van der Waals surface area contributed by atoms with Crippen molar-refractivity contribution in [3.05, 3.63) is 0 Å². The molecule has 5 heavy (non-hydrogen) atoms. The van der Waals surface area contributed by atoms with Crippen LogP contribution in [0.2, 0.25) is 0 Å². The highest BCUT2D eigenvalue weighted by atomic mass is 14.5. The lowest BCUT2D eigenvalue weighted by atomic mass is 10.3. The van der Waals surface area contributed by atoms with E-state index in [4.69, 9.17) is 7.10 Å². The molecule has 0 saturated carbocycles. The van der Waals surface area contributed by atoms with Gasteiger partial charge in [-0.15, -0.1) is 0 Å². The molecule has 0 aromatic heterocycles. The maximum Gasteiger partial charge on any atom is 0.0425 e. The molecule has 0 aliphatic rings. The van der Waals surface area contributed by atoms with Crippen LogP contribution in [0.15, 0.2) is 0 Å². The molecule has 0 saturated heterocycles. The van der Waals surface area contributed by atoms with Crippen molar-refractivity contribution in [2.24, 2.45) is 5.73 Å². The van der Waals surface area contributed by atoms with E-state index in [0.29, 0.717) is 0 Å². The van der Waals surface area contributed by atoms with Crippen LogP contribution in [-0.2, 0) is 0 Å².